The molecule has 4 atom stereocenters. The van der Waals surface area contributed by atoms with Crippen LogP contribution in [0.1, 0.15) is 22.3 Å². The Balaban J connectivity index is 1.61. The van der Waals surface area contributed by atoms with Crippen molar-refractivity contribution in [3.05, 3.63) is 144 Å². The topological polar surface area (TPSA) is 74.8 Å². The molecule has 4 unspecified atom stereocenters. The van der Waals surface area contributed by atoms with E-state index in [4.69, 9.17) is 0 Å². The second-order valence-corrected chi connectivity index (χ2v) is 11.6. The summed E-state index contributed by atoms with van der Waals surface area (Å²) in [6.45, 7) is 0. The Bertz CT molecular complexity index is 1500. The summed E-state index contributed by atoms with van der Waals surface area (Å²) in [6, 6.07) is 38.1. The number of benzene rings is 4. The molecule has 0 radical (unpaired) electrons. The molecule has 3 fully saturated rings. The molecule has 0 spiro atoms. The number of hydrogen-bond acceptors (Lipinski definition) is 4. The van der Waals surface area contributed by atoms with E-state index in [1.54, 1.807) is 0 Å². The molecule has 0 bridgehead atoms. The van der Waals surface area contributed by atoms with Gasteiger partial charge in [0.2, 0.25) is 23.6 Å². The van der Waals surface area contributed by atoms with E-state index in [0.29, 0.717) is 0 Å². The smallest absolute Gasteiger partial charge is 0.244 e. The van der Waals surface area contributed by atoms with Crippen LogP contribution in [0.4, 0.5) is 0 Å². The van der Waals surface area contributed by atoms with Crippen molar-refractivity contribution in [2.45, 2.75) is 10.8 Å². The van der Waals surface area contributed by atoms with Gasteiger partial charge in [-0.05, 0) is 34.1 Å². The minimum atomic E-state index is -1.30. The van der Waals surface area contributed by atoms with Gasteiger partial charge >= 0.3 is 0 Å². The average molecular weight is 555 g/mol. The van der Waals surface area contributed by atoms with Crippen LogP contribution in [0.2, 0.25) is 0 Å². The van der Waals surface area contributed by atoms with Gasteiger partial charge in [-0.15, -0.1) is 0 Å². The third-order valence-electron chi connectivity index (χ3n) is 9.98. The fraction of sp³-hybridized carbons (Fsp3) is 0.222. The lowest BCUT2D eigenvalue weighted by molar-refractivity contribution is -0.203. The first-order chi connectivity index (χ1) is 20.4. The molecular formula is C36H30N2O4. The van der Waals surface area contributed by atoms with Crippen molar-refractivity contribution in [1.82, 2.24) is 9.80 Å². The third-order valence-corrected chi connectivity index (χ3v) is 9.98. The molecule has 4 aromatic rings. The van der Waals surface area contributed by atoms with Crippen LogP contribution < -0.4 is 0 Å². The first-order valence-electron chi connectivity index (χ1n) is 14.2. The van der Waals surface area contributed by atoms with Crippen LogP contribution in [0.5, 0.6) is 0 Å². The van der Waals surface area contributed by atoms with E-state index in [9.17, 15) is 19.2 Å². The predicted molar refractivity (Wildman–Crippen MR) is 157 cm³/mol. The lowest BCUT2D eigenvalue weighted by Gasteiger charge is -2.68. The molecule has 2 saturated heterocycles. The van der Waals surface area contributed by atoms with Gasteiger partial charge in [-0.1, -0.05) is 121 Å². The predicted octanol–water partition coefficient (Wildman–Crippen LogP) is 4.43. The van der Waals surface area contributed by atoms with E-state index in [1.165, 1.54) is 23.9 Å². The Morgan fingerprint density at radius 1 is 0.429 bits per heavy atom. The lowest BCUT2D eigenvalue weighted by Crippen LogP contribution is -2.80. The molecule has 3 aliphatic rings. The summed E-state index contributed by atoms with van der Waals surface area (Å²) in [7, 11) is 3.03. The molecule has 6 heteroatoms. The largest absolute Gasteiger partial charge is 0.284 e. The molecule has 4 amide bonds. The van der Waals surface area contributed by atoms with Crippen LogP contribution >= 0.6 is 0 Å². The number of fused-ring (bicyclic) bond motifs is 4. The number of piperidine rings is 2. The minimum absolute atomic E-state index is 0.349. The molecule has 1 saturated carbocycles. The van der Waals surface area contributed by atoms with Gasteiger partial charge in [0.25, 0.3) is 0 Å². The number of likely N-dealkylation sites (N-methyl/N-ethyl adjacent to an activating group) is 2. The Labute approximate surface area is 244 Å². The van der Waals surface area contributed by atoms with Crippen molar-refractivity contribution in [2.75, 3.05) is 14.1 Å². The average Bonchev–Trinajstić information content (AvgIpc) is 3.04. The zero-order chi connectivity index (χ0) is 29.2. The Morgan fingerprint density at radius 3 is 0.905 bits per heavy atom. The second-order valence-electron chi connectivity index (χ2n) is 11.6. The molecule has 4 aromatic carbocycles. The number of rotatable bonds is 4. The summed E-state index contributed by atoms with van der Waals surface area (Å²) in [4.78, 5) is 60.1. The normalized spacial score (nSPS) is 25.9. The maximum atomic E-state index is 14.8. The van der Waals surface area contributed by atoms with Crippen LogP contribution in [0.15, 0.2) is 121 Å². The van der Waals surface area contributed by atoms with Gasteiger partial charge in [-0.2, -0.15) is 0 Å². The summed E-state index contributed by atoms with van der Waals surface area (Å²) in [6.07, 6.45) is 0. The van der Waals surface area contributed by atoms with E-state index in [-0.39, 0.29) is 23.6 Å². The molecule has 6 nitrogen and oxygen atoms in total. The number of hydrogen-bond donors (Lipinski definition) is 0. The van der Waals surface area contributed by atoms with Crippen LogP contribution in [-0.2, 0) is 30.0 Å². The van der Waals surface area contributed by atoms with Crippen molar-refractivity contribution < 1.29 is 19.2 Å². The van der Waals surface area contributed by atoms with Crippen LogP contribution in [0.25, 0.3) is 0 Å². The fourth-order valence-corrected chi connectivity index (χ4v) is 8.30. The van der Waals surface area contributed by atoms with Gasteiger partial charge in [0.05, 0.1) is 11.8 Å². The maximum Gasteiger partial charge on any atom is 0.244 e. The number of likely N-dealkylation sites (tertiary alicyclic amines) is 2. The lowest BCUT2D eigenvalue weighted by atomic mass is 9.35. The number of nitrogens with zero attached hydrogens (tertiary/aromatic N) is 2. The number of carbonyl (C=O) groups excluding carboxylic acids is 4. The van der Waals surface area contributed by atoms with Crippen LogP contribution in [0.3, 0.4) is 0 Å². The van der Waals surface area contributed by atoms with Gasteiger partial charge in [0.15, 0.2) is 0 Å². The van der Waals surface area contributed by atoms with Crippen LogP contribution in [0, 0.1) is 23.7 Å². The Morgan fingerprint density at radius 2 is 0.667 bits per heavy atom. The third kappa shape index (κ3) is 3.09. The summed E-state index contributed by atoms with van der Waals surface area (Å²) < 4.78 is 0. The number of carbonyl (C=O) groups is 4. The quantitative estimate of drug-likeness (QED) is 0.350. The molecular weight excluding hydrogens is 524 g/mol. The maximum absolute atomic E-state index is 14.8. The van der Waals surface area contributed by atoms with Gasteiger partial charge in [0, 0.05) is 14.1 Å². The highest BCUT2D eigenvalue weighted by atomic mass is 16.2. The summed E-state index contributed by atoms with van der Waals surface area (Å²) in [5, 5.41) is 0. The molecule has 2 heterocycles. The molecule has 0 aromatic heterocycles. The highest BCUT2D eigenvalue weighted by molar-refractivity contribution is 6.14. The van der Waals surface area contributed by atoms with Crippen molar-refractivity contribution in [1.29, 1.82) is 0 Å². The van der Waals surface area contributed by atoms with E-state index in [2.05, 4.69) is 0 Å². The molecule has 1 aliphatic carbocycles. The summed E-state index contributed by atoms with van der Waals surface area (Å²) in [5.41, 5.74) is 0.348. The van der Waals surface area contributed by atoms with Crippen molar-refractivity contribution in [3.63, 3.8) is 0 Å². The van der Waals surface area contributed by atoms with Gasteiger partial charge in [-0.3, -0.25) is 29.0 Å². The molecule has 0 N–H and O–H groups in total. The first-order valence-corrected chi connectivity index (χ1v) is 14.2. The van der Waals surface area contributed by atoms with Crippen LogP contribution in [-0.4, -0.2) is 47.5 Å². The molecule has 2 aliphatic heterocycles. The van der Waals surface area contributed by atoms with Gasteiger partial charge in [0.1, 0.15) is 10.8 Å². The Hall–Kier alpha value is -4.84. The van der Waals surface area contributed by atoms with Crippen molar-refractivity contribution in [2.24, 2.45) is 23.7 Å². The van der Waals surface area contributed by atoms with E-state index < -0.39 is 34.5 Å². The van der Waals surface area contributed by atoms with Crippen molar-refractivity contribution >= 4 is 23.6 Å². The molecule has 208 valence electrons. The standard InChI is InChI=1S/C36H30N2O4/c1-37-31(39)27-28-30(29(27)35(33(37)41,23-15-7-3-8-16-23)24-17-9-4-10-18-24)36(25-19-11-5-12-20-25,26-21-13-6-14-22-26)34(42)38(2)32(28)40/h3-22,27-30H,1-2H3. The zero-order valence-corrected chi connectivity index (χ0v) is 23.4. The summed E-state index contributed by atoms with van der Waals surface area (Å²) in [5.74, 6) is -4.34. The van der Waals surface area contributed by atoms with E-state index >= 15 is 0 Å². The fourth-order valence-electron chi connectivity index (χ4n) is 8.30. The highest BCUT2D eigenvalue weighted by Crippen LogP contribution is 2.69. The zero-order valence-electron chi connectivity index (χ0n) is 23.4. The first kappa shape index (κ1) is 26.1. The van der Waals surface area contributed by atoms with Crippen molar-refractivity contribution in [3.8, 4) is 0 Å². The highest BCUT2D eigenvalue weighted by Gasteiger charge is 2.78. The van der Waals surface area contributed by atoms with E-state index in [1.807, 2.05) is 121 Å². The SMILES string of the molecule is CN1C(=O)C2C3C(=O)N(C)C(=O)C(c4ccccc4)(c4ccccc4)C3C2C(c2ccccc2)(c2ccccc2)C1=O. The Kier molecular flexibility index (Phi) is 5.80. The summed E-state index contributed by atoms with van der Waals surface area (Å²) >= 11 is 0. The second kappa shape index (κ2) is 9.35. The molecule has 42 heavy (non-hydrogen) atoms. The van der Waals surface area contributed by atoms with E-state index in [0.717, 1.165) is 22.3 Å². The number of imide groups is 2. The molecule has 7 rings (SSSR count). The number of amides is 4. The van der Waals surface area contributed by atoms with Gasteiger partial charge in [-0.25, -0.2) is 0 Å². The monoisotopic (exact) mass is 554 g/mol. The minimum Gasteiger partial charge on any atom is -0.284 e. The van der Waals surface area contributed by atoms with Gasteiger partial charge < -0.3 is 0 Å².